The van der Waals surface area contributed by atoms with Gasteiger partial charge in [-0.25, -0.2) is 0 Å². The van der Waals surface area contributed by atoms with E-state index in [-0.39, 0.29) is 0 Å². The Morgan fingerprint density at radius 1 is 0.778 bits per heavy atom. The van der Waals surface area contributed by atoms with Crippen LogP contribution in [0.25, 0.3) is 12.2 Å². The van der Waals surface area contributed by atoms with Crippen LogP contribution < -0.4 is 0 Å². The van der Waals surface area contributed by atoms with Gasteiger partial charge in [-0.3, -0.25) is 9.97 Å². The predicted octanol–water partition coefficient (Wildman–Crippen LogP) is 3.76. The normalized spacial score (nSPS) is 11.8. The summed E-state index contributed by atoms with van der Waals surface area (Å²) in [5.41, 5.74) is 2.05. The lowest BCUT2D eigenvalue weighted by Gasteiger charge is -1.88. The first-order valence-corrected chi connectivity index (χ1v) is 5.77. The van der Waals surface area contributed by atoms with Gasteiger partial charge in [-0.15, -0.1) is 0 Å². The van der Waals surface area contributed by atoms with E-state index in [2.05, 4.69) is 9.97 Å². The van der Waals surface area contributed by atoms with Crippen molar-refractivity contribution in [3.63, 3.8) is 0 Å². The molecule has 2 aromatic heterocycles. The molecule has 2 heteroatoms. The minimum absolute atomic E-state index is 0.957. The van der Waals surface area contributed by atoms with Crippen LogP contribution >= 0.6 is 0 Å². The zero-order chi connectivity index (χ0) is 12.5. The minimum atomic E-state index is 0.957. The fourth-order valence-corrected chi connectivity index (χ4v) is 1.40. The number of aromatic nitrogens is 2. The largest absolute Gasteiger partial charge is 0.264 e. The number of hydrogen-bond donors (Lipinski definition) is 0. The molecule has 2 heterocycles. The van der Waals surface area contributed by atoms with E-state index in [9.17, 15) is 0 Å². The maximum Gasteiger partial charge on any atom is 0.0629 e. The summed E-state index contributed by atoms with van der Waals surface area (Å²) in [5, 5.41) is 0. The predicted molar refractivity (Wildman–Crippen MR) is 75.7 cm³/mol. The van der Waals surface area contributed by atoms with Gasteiger partial charge in [0.25, 0.3) is 0 Å². The summed E-state index contributed by atoms with van der Waals surface area (Å²) in [6.45, 7) is 0. The van der Waals surface area contributed by atoms with Gasteiger partial charge in [0.15, 0.2) is 0 Å². The smallest absolute Gasteiger partial charge is 0.0629 e. The van der Waals surface area contributed by atoms with E-state index >= 15 is 0 Å². The Balaban J connectivity index is 1.86. The molecule has 2 rings (SSSR count). The monoisotopic (exact) mass is 234 g/mol. The molecule has 0 spiro atoms. The van der Waals surface area contributed by atoms with Gasteiger partial charge in [-0.05, 0) is 29.8 Å². The van der Waals surface area contributed by atoms with Crippen LogP contribution in [0.3, 0.4) is 0 Å². The second-order valence-electron chi connectivity index (χ2n) is 3.64. The molecular weight excluding hydrogens is 220 g/mol. The highest BCUT2D eigenvalue weighted by Crippen LogP contribution is 1.99. The summed E-state index contributed by atoms with van der Waals surface area (Å²) in [5.74, 6) is 0. The third kappa shape index (κ3) is 4.18. The molecule has 0 N–H and O–H groups in total. The Hall–Kier alpha value is -2.48. The van der Waals surface area contributed by atoms with Crippen LogP contribution in [0, 0.1) is 0 Å². The van der Waals surface area contributed by atoms with Crippen LogP contribution in [-0.2, 0) is 0 Å². The second-order valence-corrected chi connectivity index (χ2v) is 3.64. The average Bonchev–Trinajstić information content (AvgIpc) is 2.45. The molecule has 0 saturated carbocycles. The zero-order valence-corrected chi connectivity index (χ0v) is 9.98. The summed E-state index contributed by atoms with van der Waals surface area (Å²) < 4.78 is 0. The van der Waals surface area contributed by atoms with E-state index in [0.29, 0.717) is 0 Å². The van der Waals surface area contributed by atoms with Crippen molar-refractivity contribution in [1.82, 2.24) is 9.97 Å². The Bertz CT molecular complexity index is 488. The molecule has 2 aromatic rings. The van der Waals surface area contributed by atoms with Crippen LogP contribution in [0.1, 0.15) is 11.3 Å². The lowest BCUT2D eigenvalue weighted by atomic mass is 10.2. The van der Waals surface area contributed by atoms with Gasteiger partial charge in [0.2, 0.25) is 0 Å². The molecule has 0 amide bonds. The summed E-state index contributed by atoms with van der Waals surface area (Å²) in [6.07, 6.45) is 17.3. The number of hydrogen-bond acceptors (Lipinski definition) is 2. The van der Waals surface area contributed by atoms with Gasteiger partial charge in [-0.1, -0.05) is 42.5 Å². The number of pyridine rings is 2. The Labute approximate surface area is 107 Å². The average molecular weight is 234 g/mol. The van der Waals surface area contributed by atoms with Crippen LogP contribution in [0.2, 0.25) is 0 Å². The minimum Gasteiger partial charge on any atom is -0.264 e. The maximum absolute atomic E-state index is 4.20. The highest BCUT2D eigenvalue weighted by atomic mass is 14.6. The Kier molecular flexibility index (Phi) is 4.64. The molecule has 0 aromatic carbocycles. The lowest BCUT2D eigenvalue weighted by molar-refractivity contribution is 1.30. The van der Waals surface area contributed by atoms with E-state index in [0.717, 1.165) is 11.3 Å². The van der Waals surface area contributed by atoms with Crippen molar-refractivity contribution in [2.24, 2.45) is 0 Å². The lowest BCUT2D eigenvalue weighted by Crippen LogP contribution is -1.74. The molecule has 2 nitrogen and oxygen atoms in total. The van der Waals surface area contributed by atoms with Crippen LogP contribution in [0.5, 0.6) is 0 Å². The standard InChI is InChI=1S/C16H14N2/c1(3-8-15-9-7-12-17-14-15)2-4-10-16-11-5-6-13-18-16/h1-14H. The van der Waals surface area contributed by atoms with Crippen molar-refractivity contribution >= 4 is 12.2 Å². The van der Waals surface area contributed by atoms with Crippen molar-refractivity contribution in [2.45, 2.75) is 0 Å². The van der Waals surface area contributed by atoms with Gasteiger partial charge >= 0.3 is 0 Å². The Morgan fingerprint density at radius 2 is 1.67 bits per heavy atom. The molecule has 0 unspecified atom stereocenters. The molecule has 0 aliphatic heterocycles. The first-order chi connectivity index (χ1) is 8.95. The molecule has 0 radical (unpaired) electrons. The van der Waals surface area contributed by atoms with Crippen molar-refractivity contribution in [3.8, 4) is 0 Å². The number of rotatable bonds is 4. The molecule has 0 bridgehead atoms. The quantitative estimate of drug-likeness (QED) is 0.753. The molecule has 88 valence electrons. The maximum atomic E-state index is 4.20. The van der Waals surface area contributed by atoms with E-state index in [1.807, 2.05) is 73.0 Å². The highest BCUT2D eigenvalue weighted by molar-refractivity contribution is 5.51. The molecule has 0 atom stereocenters. The molecule has 0 aliphatic rings. The van der Waals surface area contributed by atoms with E-state index in [4.69, 9.17) is 0 Å². The van der Waals surface area contributed by atoms with Crippen LogP contribution in [-0.4, -0.2) is 9.97 Å². The second kappa shape index (κ2) is 6.97. The van der Waals surface area contributed by atoms with Crippen molar-refractivity contribution in [2.75, 3.05) is 0 Å². The van der Waals surface area contributed by atoms with Gasteiger partial charge in [0, 0.05) is 18.6 Å². The third-order valence-corrected chi connectivity index (χ3v) is 2.26. The van der Waals surface area contributed by atoms with E-state index < -0.39 is 0 Å². The topological polar surface area (TPSA) is 25.8 Å². The summed E-state index contributed by atoms with van der Waals surface area (Å²) in [4.78, 5) is 8.24. The molecule has 0 aliphatic carbocycles. The molecule has 0 fully saturated rings. The Morgan fingerprint density at radius 3 is 2.39 bits per heavy atom. The first-order valence-electron chi connectivity index (χ1n) is 5.77. The van der Waals surface area contributed by atoms with Crippen LogP contribution in [0.15, 0.2) is 73.2 Å². The van der Waals surface area contributed by atoms with E-state index in [1.165, 1.54) is 0 Å². The van der Waals surface area contributed by atoms with Gasteiger partial charge in [-0.2, -0.15) is 0 Å². The highest BCUT2D eigenvalue weighted by Gasteiger charge is 1.82. The summed E-state index contributed by atoms with van der Waals surface area (Å²) in [6, 6.07) is 9.78. The summed E-state index contributed by atoms with van der Waals surface area (Å²) >= 11 is 0. The van der Waals surface area contributed by atoms with Crippen LogP contribution in [0.4, 0.5) is 0 Å². The molecule has 0 saturated heterocycles. The van der Waals surface area contributed by atoms with Crippen molar-refractivity contribution in [3.05, 3.63) is 84.5 Å². The van der Waals surface area contributed by atoms with Crippen molar-refractivity contribution in [1.29, 1.82) is 0 Å². The molecule has 18 heavy (non-hydrogen) atoms. The SMILES string of the molecule is C(=CC=Cc1ccccn1)C=Cc1cccnc1. The number of nitrogens with zero attached hydrogens (tertiary/aromatic N) is 2. The van der Waals surface area contributed by atoms with Gasteiger partial charge in [0.05, 0.1) is 5.69 Å². The third-order valence-electron chi connectivity index (χ3n) is 2.26. The zero-order valence-electron chi connectivity index (χ0n) is 9.98. The van der Waals surface area contributed by atoms with E-state index in [1.54, 1.807) is 12.4 Å². The van der Waals surface area contributed by atoms with Crippen molar-refractivity contribution < 1.29 is 0 Å². The first kappa shape index (κ1) is 12.0. The van der Waals surface area contributed by atoms with Gasteiger partial charge in [0.1, 0.15) is 0 Å². The fourth-order valence-electron chi connectivity index (χ4n) is 1.40. The summed E-state index contributed by atoms with van der Waals surface area (Å²) in [7, 11) is 0. The number of allylic oxidation sites excluding steroid dienone is 4. The van der Waals surface area contributed by atoms with Gasteiger partial charge < -0.3 is 0 Å². The molecular formula is C16H14N2. The fraction of sp³-hybridized carbons (Fsp3) is 0.